The summed E-state index contributed by atoms with van der Waals surface area (Å²) < 4.78 is 3.93. The van der Waals surface area contributed by atoms with E-state index in [-0.39, 0.29) is 0 Å². The van der Waals surface area contributed by atoms with Crippen molar-refractivity contribution in [2.24, 2.45) is 5.92 Å². The van der Waals surface area contributed by atoms with E-state index >= 15 is 0 Å². The molecule has 3 rings (SSSR count). The molecule has 0 N–H and O–H groups in total. The maximum Gasteiger partial charge on any atom is 0.264 e. The van der Waals surface area contributed by atoms with E-state index in [1.54, 1.807) is 0 Å². The fourth-order valence-corrected chi connectivity index (χ4v) is 4.80. The van der Waals surface area contributed by atoms with Crippen LogP contribution in [0, 0.1) is 12.8 Å². The van der Waals surface area contributed by atoms with Gasteiger partial charge in [-0.3, -0.25) is 0 Å². The Balaban J connectivity index is 1.81. The minimum Gasteiger partial charge on any atom is -0.383 e. The SMILES string of the molecule is Cc1ccc2c(c1)sc(/C=C/N(C)C)[n+]2CCCC1CCCC1. The number of benzene rings is 1. The predicted octanol–water partition coefficient (Wildman–Crippen LogP) is 5.00. The highest BCUT2D eigenvalue weighted by molar-refractivity contribution is 7.18. The summed E-state index contributed by atoms with van der Waals surface area (Å²) in [7, 11) is 4.16. The number of fused-ring (bicyclic) bond motifs is 1. The lowest BCUT2D eigenvalue weighted by Gasteiger charge is -2.06. The summed E-state index contributed by atoms with van der Waals surface area (Å²) in [5, 5.41) is 1.37. The maximum absolute atomic E-state index is 2.52. The fraction of sp³-hybridized carbons (Fsp3) is 0.550. The van der Waals surface area contributed by atoms with Gasteiger partial charge in [0.1, 0.15) is 4.70 Å². The van der Waals surface area contributed by atoms with Gasteiger partial charge in [0, 0.05) is 38.9 Å². The van der Waals surface area contributed by atoms with Crippen LogP contribution in [0.3, 0.4) is 0 Å². The normalized spacial score (nSPS) is 16.0. The molecule has 2 nitrogen and oxygen atoms in total. The fourth-order valence-electron chi connectivity index (χ4n) is 3.62. The van der Waals surface area contributed by atoms with Crippen molar-refractivity contribution in [1.29, 1.82) is 0 Å². The summed E-state index contributed by atoms with van der Waals surface area (Å²) in [5.74, 6) is 0.989. The number of hydrogen-bond donors (Lipinski definition) is 0. The minimum atomic E-state index is 0.989. The minimum absolute atomic E-state index is 0.989. The third-order valence-electron chi connectivity index (χ3n) is 4.87. The van der Waals surface area contributed by atoms with Gasteiger partial charge in [0.15, 0.2) is 6.54 Å². The first kappa shape index (κ1) is 16.5. The molecule has 2 aromatic rings. The molecular weight excluding hydrogens is 300 g/mol. The molecule has 0 aliphatic heterocycles. The number of rotatable bonds is 6. The zero-order valence-electron chi connectivity index (χ0n) is 14.7. The lowest BCUT2D eigenvalue weighted by Crippen LogP contribution is -2.35. The van der Waals surface area contributed by atoms with Gasteiger partial charge in [-0.15, -0.1) is 0 Å². The summed E-state index contributed by atoms with van der Waals surface area (Å²) in [4.78, 5) is 2.11. The molecule has 0 saturated heterocycles. The molecular formula is C20H29N2S+. The Morgan fingerprint density at radius 2 is 2.04 bits per heavy atom. The Kier molecular flexibility index (Phi) is 5.37. The van der Waals surface area contributed by atoms with Crippen molar-refractivity contribution in [1.82, 2.24) is 4.90 Å². The molecule has 3 heteroatoms. The molecule has 23 heavy (non-hydrogen) atoms. The van der Waals surface area contributed by atoms with Crippen LogP contribution in [0.25, 0.3) is 16.3 Å². The average Bonchev–Trinajstić information content (AvgIpc) is 3.13. The van der Waals surface area contributed by atoms with E-state index < -0.39 is 0 Å². The molecule has 1 aromatic carbocycles. The molecule has 0 unspecified atom stereocenters. The Morgan fingerprint density at radius 1 is 1.26 bits per heavy atom. The molecule has 0 radical (unpaired) electrons. The van der Waals surface area contributed by atoms with Crippen molar-refractivity contribution in [3.8, 4) is 0 Å². The van der Waals surface area contributed by atoms with Gasteiger partial charge in [-0.2, -0.15) is 4.57 Å². The van der Waals surface area contributed by atoms with E-state index in [4.69, 9.17) is 0 Å². The Bertz CT molecular complexity index is 678. The van der Waals surface area contributed by atoms with E-state index in [2.05, 4.69) is 61.0 Å². The van der Waals surface area contributed by atoms with Crippen LogP contribution in [0.5, 0.6) is 0 Å². The van der Waals surface area contributed by atoms with E-state index in [1.165, 1.54) is 59.3 Å². The topological polar surface area (TPSA) is 7.12 Å². The van der Waals surface area contributed by atoms with Crippen LogP contribution in [0.15, 0.2) is 24.4 Å². The number of aryl methyl sites for hydroxylation is 2. The number of aromatic nitrogens is 1. The van der Waals surface area contributed by atoms with Gasteiger partial charge in [-0.25, -0.2) is 0 Å². The van der Waals surface area contributed by atoms with Crippen LogP contribution in [0.4, 0.5) is 0 Å². The quantitative estimate of drug-likeness (QED) is 0.676. The summed E-state index contributed by atoms with van der Waals surface area (Å²) >= 11 is 1.91. The Morgan fingerprint density at radius 3 is 2.78 bits per heavy atom. The molecule has 124 valence electrons. The van der Waals surface area contributed by atoms with Crippen molar-refractivity contribution >= 4 is 27.6 Å². The van der Waals surface area contributed by atoms with Crippen molar-refractivity contribution in [2.45, 2.75) is 52.0 Å². The Hall–Kier alpha value is -1.35. The monoisotopic (exact) mass is 329 g/mol. The van der Waals surface area contributed by atoms with E-state index in [0.717, 1.165) is 12.5 Å². The first-order valence-corrected chi connectivity index (χ1v) is 9.73. The molecule has 0 amide bonds. The summed E-state index contributed by atoms with van der Waals surface area (Å²) in [6.07, 6.45) is 12.9. The average molecular weight is 330 g/mol. The highest BCUT2D eigenvalue weighted by atomic mass is 32.1. The van der Waals surface area contributed by atoms with E-state index in [0.29, 0.717) is 0 Å². The Labute approximate surface area is 144 Å². The number of nitrogens with zero attached hydrogens (tertiary/aromatic N) is 2. The van der Waals surface area contributed by atoms with Crippen LogP contribution in [-0.2, 0) is 6.54 Å². The number of hydrogen-bond acceptors (Lipinski definition) is 2. The molecule has 0 atom stereocenters. The van der Waals surface area contributed by atoms with Gasteiger partial charge in [0.25, 0.3) is 5.01 Å². The van der Waals surface area contributed by atoms with Crippen LogP contribution >= 0.6 is 11.3 Å². The zero-order valence-corrected chi connectivity index (χ0v) is 15.5. The predicted molar refractivity (Wildman–Crippen MR) is 101 cm³/mol. The first-order valence-electron chi connectivity index (χ1n) is 8.91. The third kappa shape index (κ3) is 4.14. The lowest BCUT2D eigenvalue weighted by molar-refractivity contribution is -0.669. The van der Waals surface area contributed by atoms with Crippen LogP contribution in [0.1, 0.15) is 49.1 Å². The molecule has 1 aliphatic rings. The summed E-state index contributed by atoms with van der Waals surface area (Å²) in [6, 6.07) is 6.85. The van der Waals surface area contributed by atoms with Crippen molar-refractivity contribution in [3.05, 3.63) is 35.0 Å². The zero-order chi connectivity index (χ0) is 16.2. The molecule has 0 spiro atoms. The van der Waals surface area contributed by atoms with Gasteiger partial charge >= 0.3 is 0 Å². The van der Waals surface area contributed by atoms with Gasteiger partial charge < -0.3 is 4.90 Å². The van der Waals surface area contributed by atoms with Crippen LogP contribution in [0.2, 0.25) is 0 Å². The van der Waals surface area contributed by atoms with Gasteiger partial charge in [-0.1, -0.05) is 43.1 Å². The smallest absolute Gasteiger partial charge is 0.264 e. The lowest BCUT2D eigenvalue weighted by atomic mass is 10.0. The third-order valence-corrected chi connectivity index (χ3v) is 5.98. The molecule has 1 fully saturated rings. The summed E-state index contributed by atoms with van der Waals surface area (Å²) in [6.45, 7) is 3.32. The van der Waals surface area contributed by atoms with Gasteiger partial charge in [-0.05, 0) is 30.9 Å². The first-order chi connectivity index (χ1) is 11.1. The second-order valence-corrected chi connectivity index (χ2v) is 8.20. The second kappa shape index (κ2) is 7.48. The van der Waals surface area contributed by atoms with Gasteiger partial charge in [0.2, 0.25) is 5.52 Å². The van der Waals surface area contributed by atoms with Crippen molar-refractivity contribution < 1.29 is 4.57 Å². The van der Waals surface area contributed by atoms with Crippen LogP contribution < -0.4 is 4.57 Å². The second-order valence-electron chi connectivity index (χ2n) is 7.14. The molecule has 1 aromatic heterocycles. The molecule has 0 bridgehead atoms. The van der Waals surface area contributed by atoms with E-state index in [9.17, 15) is 0 Å². The van der Waals surface area contributed by atoms with Crippen molar-refractivity contribution in [2.75, 3.05) is 14.1 Å². The molecule has 1 heterocycles. The van der Waals surface area contributed by atoms with E-state index in [1.807, 2.05) is 11.3 Å². The molecule has 1 saturated carbocycles. The largest absolute Gasteiger partial charge is 0.383 e. The summed E-state index contributed by atoms with van der Waals surface area (Å²) in [5.41, 5.74) is 2.74. The highest BCUT2D eigenvalue weighted by Gasteiger charge is 2.20. The number of thiazole rings is 1. The van der Waals surface area contributed by atoms with Crippen molar-refractivity contribution in [3.63, 3.8) is 0 Å². The van der Waals surface area contributed by atoms with Gasteiger partial charge in [0.05, 0.1) is 0 Å². The van der Waals surface area contributed by atoms with Crippen LogP contribution in [-0.4, -0.2) is 19.0 Å². The standard InChI is InChI=1S/C20H29N2S/c1-16-10-11-18-19(15-16)23-20(12-14-21(2)3)22(18)13-6-9-17-7-4-5-8-17/h10-12,14-15,17H,4-9,13H2,1-3H3/q+1. The maximum atomic E-state index is 2.52. The highest BCUT2D eigenvalue weighted by Crippen LogP contribution is 2.29. The molecule has 1 aliphatic carbocycles.